The molecule has 1 aromatic carbocycles. The molecule has 0 radical (unpaired) electrons. The minimum absolute atomic E-state index is 0.163. The quantitative estimate of drug-likeness (QED) is 0.692. The maximum absolute atomic E-state index is 13.1. The van der Waals surface area contributed by atoms with E-state index >= 15 is 0 Å². The van der Waals surface area contributed by atoms with Crippen molar-refractivity contribution in [1.82, 2.24) is 24.9 Å². The molecule has 0 spiro atoms. The Kier molecular flexibility index (Phi) is 5.16. The van der Waals surface area contributed by atoms with Crippen LogP contribution in [-0.2, 0) is 6.54 Å². The van der Waals surface area contributed by atoms with Gasteiger partial charge in [0.25, 0.3) is 5.91 Å². The van der Waals surface area contributed by atoms with Crippen molar-refractivity contribution < 1.29 is 9.18 Å². The van der Waals surface area contributed by atoms with Crippen LogP contribution in [0.3, 0.4) is 0 Å². The Bertz CT molecular complexity index is 911. The average molecular weight is 355 g/mol. The van der Waals surface area contributed by atoms with Crippen molar-refractivity contribution >= 4 is 5.91 Å². The van der Waals surface area contributed by atoms with Crippen LogP contribution in [-0.4, -0.2) is 32.0 Å². The Balaban J connectivity index is 1.58. The highest BCUT2D eigenvalue weighted by Crippen LogP contribution is 2.14. The molecule has 0 aliphatic heterocycles. The predicted octanol–water partition coefficient (Wildman–Crippen LogP) is 2.95. The minimum Gasteiger partial charge on any atom is -0.352 e. The van der Waals surface area contributed by atoms with E-state index in [9.17, 15) is 9.18 Å². The predicted molar refractivity (Wildman–Crippen MR) is 96.9 cm³/mol. The van der Waals surface area contributed by atoms with Crippen molar-refractivity contribution in [1.29, 1.82) is 0 Å². The van der Waals surface area contributed by atoms with Crippen molar-refractivity contribution in [3.8, 4) is 5.69 Å². The Hall–Kier alpha value is -2.96. The summed E-state index contributed by atoms with van der Waals surface area (Å²) in [6.45, 7) is 7.12. The van der Waals surface area contributed by atoms with Crippen LogP contribution < -0.4 is 5.32 Å². The first-order chi connectivity index (χ1) is 12.5. The van der Waals surface area contributed by atoms with Crippen LogP contribution in [0.25, 0.3) is 5.69 Å². The molecule has 136 valence electrons. The summed E-state index contributed by atoms with van der Waals surface area (Å²) >= 11 is 0. The second-order valence-corrected chi connectivity index (χ2v) is 6.29. The summed E-state index contributed by atoms with van der Waals surface area (Å²) in [5.74, 6) is -0.469. The normalized spacial score (nSPS) is 10.9. The van der Waals surface area contributed by atoms with Crippen molar-refractivity contribution in [3.63, 3.8) is 0 Å². The fraction of sp³-hybridized carbons (Fsp3) is 0.316. The van der Waals surface area contributed by atoms with Gasteiger partial charge in [-0.25, -0.2) is 9.07 Å². The Morgan fingerprint density at radius 2 is 1.92 bits per heavy atom. The number of aromatic nitrogens is 4. The standard InChI is InChI=1S/C19H22FN5O/c1-13-11-14(2)24(23-13)10-4-9-21-19(26)18-12-22-25(15(18)3)17-7-5-16(20)6-8-17/h5-8,11-12H,4,9-10H2,1-3H3,(H,21,26). The lowest BCUT2D eigenvalue weighted by Crippen LogP contribution is -2.26. The molecule has 0 atom stereocenters. The fourth-order valence-corrected chi connectivity index (χ4v) is 2.90. The van der Waals surface area contributed by atoms with Gasteiger partial charge in [0, 0.05) is 18.8 Å². The number of aryl methyl sites for hydroxylation is 3. The zero-order valence-electron chi connectivity index (χ0n) is 15.2. The van der Waals surface area contributed by atoms with Crippen LogP contribution in [0, 0.1) is 26.6 Å². The first-order valence-corrected chi connectivity index (χ1v) is 8.55. The molecule has 3 aromatic rings. The first-order valence-electron chi connectivity index (χ1n) is 8.55. The number of hydrogen-bond acceptors (Lipinski definition) is 3. The van der Waals surface area contributed by atoms with Gasteiger partial charge in [-0.15, -0.1) is 0 Å². The number of carbonyl (C=O) groups excluding carboxylic acids is 1. The van der Waals surface area contributed by atoms with Crippen LogP contribution in [0.2, 0.25) is 0 Å². The molecule has 0 unspecified atom stereocenters. The van der Waals surface area contributed by atoms with E-state index in [2.05, 4.69) is 15.5 Å². The number of hydrogen-bond donors (Lipinski definition) is 1. The van der Waals surface area contributed by atoms with Gasteiger partial charge in [0.15, 0.2) is 0 Å². The lowest BCUT2D eigenvalue weighted by atomic mass is 10.2. The van der Waals surface area contributed by atoms with Gasteiger partial charge in [-0.1, -0.05) is 0 Å². The summed E-state index contributed by atoms with van der Waals surface area (Å²) in [4.78, 5) is 12.4. The highest BCUT2D eigenvalue weighted by molar-refractivity contribution is 5.95. The second-order valence-electron chi connectivity index (χ2n) is 6.29. The van der Waals surface area contributed by atoms with Crippen molar-refractivity contribution in [3.05, 3.63) is 65.0 Å². The Morgan fingerprint density at radius 1 is 1.19 bits per heavy atom. The van der Waals surface area contributed by atoms with E-state index in [0.717, 1.165) is 24.4 Å². The SMILES string of the molecule is Cc1cc(C)n(CCCNC(=O)c2cnn(-c3ccc(F)cc3)c2C)n1. The number of nitrogens with one attached hydrogen (secondary N) is 1. The number of halogens is 1. The van der Waals surface area contributed by atoms with Gasteiger partial charge in [-0.3, -0.25) is 9.48 Å². The van der Waals surface area contributed by atoms with Gasteiger partial charge in [0.2, 0.25) is 0 Å². The van der Waals surface area contributed by atoms with Crippen LogP contribution in [0.5, 0.6) is 0 Å². The molecule has 1 amide bonds. The summed E-state index contributed by atoms with van der Waals surface area (Å²) in [7, 11) is 0. The van der Waals surface area contributed by atoms with Crippen LogP contribution in [0.1, 0.15) is 33.9 Å². The van der Waals surface area contributed by atoms with Gasteiger partial charge in [-0.2, -0.15) is 10.2 Å². The van der Waals surface area contributed by atoms with E-state index in [1.54, 1.807) is 16.8 Å². The number of carbonyl (C=O) groups is 1. The zero-order valence-corrected chi connectivity index (χ0v) is 15.2. The molecule has 7 heteroatoms. The average Bonchev–Trinajstić information content (AvgIpc) is 3.14. The lowest BCUT2D eigenvalue weighted by Gasteiger charge is -2.07. The number of amides is 1. The van der Waals surface area contributed by atoms with Gasteiger partial charge in [-0.05, 0) is 57.5 Å². The highest BCUT2D eigenvalue weighted by atomic mass is 19.1. The number of benzene rings is 1. The maximum atomic E-state index is 13.1. The molecule has 0 fully saturated rings. The molecular weight excluding hydrogens is 333 g/mol. The Labute approximate surface area is 151 Å². The van der Waals surface area contributed by atoms with Crippen molar-refractivity contribution in [2.24, 2.45) is 0 Å². The zero-order chi connectivity index (χ0) is 18.7. The van der Waals surface area contributed by atoms with Crippen LogP contribution in [0.4, 0.5) is 4.39 Å². The molecule has 26 heavy (non-hydrogen) atoms. The molecule has 0 aliphatic carbocycles. The van der Waals surface area contributed by atoms with E-state index in [-0.39, 0.29) is 11.7 Å². The van der Waals surface area contributed by atoms with E-state index in [1.165, 1.54) is 18.3 Å². The lowest BCUT2D eigenvalue weighted by molar-refractivity contribution is 0.0952. The molecule has 0 saturated heterocycles. The molecular formula is C19H22FN5O. The summed E-state index contributed by atoms with van der Waals surface area (Å²) < 4.78 is 16.6. The molecule has 6 nitrogen and oxygen atoms in total. The highest BCUT2D eigenvalue weighted by Gasteiger charge is 2.14. The first kappa shape index (κ1) is 17.8. The van der Waals surface area contributed by atoms with E-state index in [4.69, 9.17) is 0 Å². The topological polar surface area (TPSA) is 64.7 Å². The molecule has 1 N–H and O–H groups in total. The number of rotatable bonds is 6. The molecule has 0 saturated carbocycles. The molecule has 2 aromatic heterocycles. The summed E-state index contributed by atoms with van der Waals surface area (Å²) in [5, 5.41) is 11.6. The number of nitrogens with zero attached hydrogens (tertiary/aromatic N) is 4. The summed E-state index contributed by atoms with van der Waals surface area (Å²) in [5.41, 5.74) is 4.06. The largest absolute Gasteiger partial charge is 0.352 e. The summed E-state index contributed by atoms with van der Waals surface area (Å²) in [6.07, 6.45) is 2.33. The van der Waals surface area contributed by atoms with Crippen molar-refractivity contribution in [2.45, 2.75) is 33.7 Å². The van der Waals surface area contributed by atoms with Gasteiger partial charge in [0.05, 0.1) is 28.8 Å². The summed E-state index contributed by atoms with van der Waals surface area (Å²) in [6, 6.07) is 8.03. The molecule has 0 aliphatic rings. The fourth-order valence-electron chi connectivity index (χ4n) is 2.90. The second kappa shape index (κ2) is 7.51. The Morgan fingerprint density at radius 3 is 2.58 bits per heavy atom. The van der Waals surface area contributed by atoms with Crippen LogP contribution >= 0.6 is 0 Å². The van der Waals surface area contributed by atoms with Gasteiger partial charge >= 0.3 is 0 Å². The third-order valence-corrected chi connectivity index (χ3v) is 4.26. The van der Waals surface area contributed by atoms with Crippen molar-refractivity contribution in [2.75, 3.05) is 6.54 Å². The third-order valence-electron chi connectivity index (χ3n) is 4.26. The van der Waals surface area contributed by atoms with Gasteiger partial charge in [0.1, 0.15) is 5.82 Å². The van der Waals surface area contributed by atoms with Crippen LogP contribution in [0.15, 0.2) is 36.5 Å². The molecule has 0 bridgehead atoms. The van der Waals surface area contributed by atoms with Gasteiger partial charge < -0.3 is 5.32 Å². The smallest absolute Gasteiger partial charge is 0.254 e. The molecule has 2 heterocycles. The minimum atomic E-state index is -0.306. The molecule has 3 rings (SSSR count). The maximum Gasteiger partial charge on any atom is 0.254 e. The third kappa shape index (κ3) is 3.82. The van der Waals surface area contributed by atoms with E-state index < -0.39 is 0 Å². The van der Waals surface area contributed by atoms with E-state index in [1.807, 2.05) is 31.5 Å². The van der Waals surface area contributed by atoms with E-state index in [0.29, 0.717) is 23.5 Å². The monoisotopic (exact) mass is 355 g/mol.